The summed E-state index contributed by atoms with van der Waals surface area (Å²) < 4.78 is 6.02. The third-order valence-corrected chi connectivity index (χ3v) is 5.58. The SMILES string of the molecule is N#CN1C[C@@H]2C[C@H]1CN2C(=O)c1cc(-c2ccccc2Oc2ccccc2)[nH]n1. The number of aromatic amines is 1. The van der Waals surface area contributed by atoms with Crippen LogP contribution in [0.4, 0.5) is 0 Å². The lowest BCUT2D eigenvalue weighted by Crippen LogP contribution is -2.47. The molecule has 29 heavy (non-hydrogen) atoms. The van der Waals surface area contributed by atoms with Gasteiger partial charge in [-0.25, -0.2) is 0 Å². The molecule has 3 heterocycles. The van der Waals surface area contributed by atoms with Gasteiger partial charge in [-0.2, -0.15) is 10.4 Å². The number of fused-ring (bicyclic) bond motifs is 2. The lowest BCUT2D eigenvalue weighted by Gasteiger charge is -2.30. The average Bonchev–Trinajstić information content (AvgIpc) is 3.50. The van der Waals surface area contributed by atoms with Gasteiger partial charge in [0.2, 0.25) is 0 Å². The Morgan fingerprint density at radius 1 is 1.10 bits per heavy atom. The van der Waals surface area contributed by atoms with Gasteiger partial charge in [0.25, 0.3) is 5.91 Å². The van der Waals surface area contributed by atoms with Crippen molar-refractivity contribution in [3.63, 3.8) is 0 Å². The van der Waals surface area contributed by atoms with Crippen molar-refractivity contribution in [2.45, 2.75) is 18.5 Å². The van der Waals surface area contributed by atoms with Crippen LogP contribution < -0.4 is 4.74 Å². The third-order valence-electron chi connectivity index (χ3n) is 5.58. The second-order valence-electron chi connectivity index (χ2n) is 7.33. The average molecular weight is 385 g/mol. The van der Waals surface area contributed by atoms with Gasteiger partial charge in [-0.3, -0.25) is 9.89 Å². The van der Waals surface area contributed by atoms with E-state index in [-0.39, 0.29) is 18.0 Å². The first-order chi connectivity index (χ1) is 14.2. The standard InChI is InChI=1S/C22H19N5O2/c23-14-26-12-16-10-15(26)13-27(16)22(28)20-11-19(24-25-20)18-8-4-5-9-21(18)29-17-6-2-1-3-7-17/h1-9,11,15-16H,10,12-13H2,(H,24,25)/t15-,16-/m0/s1. The number of rotatable bonds is 4. The van der Waals surface area contributed by atoms with Crippen LogP contribution in [0.25, 0.3) is 11.3 Å². The Balaban J connectivity index is 1.37. The summed E-state index contributed by atoms with van der Waals surface area (Å²) in [7, 11) is 0. The Labute approximate surface area is 168 Å². The van der Waals surface area contributed by atoms with E-state index in [4.69, 9.17) is 10.00 Å². The minimum atomic E-state index is -0.0981. The van der Waals surface area contributed by atoms with E-state index in [1.165, 1.54) is 0 Å². The summed E-state index contributed by atoms with van der Waals surface area (Å²) in [5.41, 5.74) is 1.94. The molecule has 2 aliphatic heterocycles. The van der Waals surface area contributed by atoms with Crippen molar-refractivity contribution in [1.29, 1.82) is 5.26 Å². The quantitative estimate of drug-likeness (QED) is 0.697. The van der Waals surface area contributed by atoms with Crippen LogP contribution in [0.5, 0.6) is 11.5 Å². The molecule has 5 rings (SSSR count). The Morgan fingerprint density at radius 3 is 2.66 bits per heavy atom. The van der Waals surface area contributed by atoms with E-state index in [1.807, 2.05) is 59.5 Å². The van der Waals surface area contributed by atoms with Crippen molar-refractivity contribution in [3.05, 3.63) is 66.4 Å². The van der Waals surface area contributed by atoms with Crippen LogP contribution in [-0.2, 0) is 0 Å². The molecule has 144 valence electrons. The molecule has 2 aliphatic rings. The Morgan fingerprint density at radius 2 is 1.90 bits per heavy atom. The smallest absolute Gasteiger partial charge is 0.274 e. The highest BCUT2D eigenvalue weighted by Gasteiger charge is 2.45. The van der Waals surface area contributed by atoms with Gasteiger partial charge in [0, 0.05) is 18.7 Å². The van der Waals surface area contributed by atoms with Gasteiger partial charge in [0.15, 0.2) is 11.9 Å². The number of nitrogens with one attached hydrogen (secondary N) is 1. The highest BCUT2D eigenvalue weighted by molar-refractivity contribution is 5.94. The number of carbonyl (C=O) groups excluding carboxylic acids is 1. The molecule has 0 spiro atoms. The zero-order valence-electron chi connectivity index (χ0n) is 15.7. The number of ether oxygens (including phenoxy) is 1. The summed E-state index contributed by atoms with van der Waals surface area (Å²) in [6, 6.07) is 19.2. The number of likely N-dealkylation sites (tertiary alicyclic amines) is 2. The summed E-state index contributed by atoms with van der Waals surface area (Å²) in [4.78, 5) is 16.6. The summed E-state index contributed by atoms with van der Waals surface area (Å²) in [6.07, 6.45) is 3.06. The fourth-order valence-corrected chi connectivity index (χ4v) is 4.15. The van der Waals surface area contributed by atoms with Crippen LogP contribution in [0.2, 0.25) is 0 Å². The molecule has 2 saturated heterocycles. The van der Waals surface area contributed by atoms with E-state index < -0.39 is 0 Å². The number of carbonyl (C=O) groups is 1. The highest BCUT2D eigenvalue weighted by atomic mass is 16.5. The molecule has 2 atom stereocenters. The second-order valence-corrected chi connectivity index (χ2v) is 7.33. The maximum absolute atomic E-state index is 13.0. The molecule has 0 saturated carbocycles. The normalized spacial score (nSPS) is 20.0. The van der Waals surface area contributed by atoms with Crippen molar-refractivity contribution in [1.82, 2.24) is 20.0 Å². The van der Waals surface area contributed by atoms with Crippen LogP contribution in [0, 0.1) is 11.5 Å². The number of nitriles is 1. The first kappa shape index (κ1) is 17.3. The van der Waals surface area contributed by atoms with Crippen molar-refractivity contribution in [3.8, 4) is 28.9 Å². The maximum Gasteiger partial charge on any atom is 0.274 e. The minimum absolute atomic E-state index is 0.0843. The first-order valence-corrected chi connectivity index (χ1v) is 9.58. The van der Waals surface area contributed by atoms with Crippen LogP contribution >= 0.6 is 0 Å². The maximum atomic E-state index is 13.0. The molecule has 1 amide bonds. The monoisotopic (exact) mass is 385 g/mol. The highest BCUT2D eigenvalue weighted by Crippen LogP contribution is 2.34. The molecule has 2 fully saturated rings. The second kappa shape index (κ2) is 6.99. The predicted octanol–water partition coefficient (Wildman–Crippen LogP) is 3.25. The lowest BCUT2D eigenvalue weighted by molar-refractivity contribution is 0.0663. The molecule has 2 bridgehead atoms. The number of piperazine rings is 1. The van der Waals surface area contributed by atoms with E-state index in [9.17, 15) is 4.79 Å². The molecular formula is C22H19N5O2. The fraction of sp³-hybridized carbons (Fsp3) is 0.227. The molecule has 1 aromatic heterocycles. The number of hydrogen-bond acceptors (Lipinski definition) is 5. The zero-order valence-corrected chi connectivity index (χ0v) is 15.7. The molecular weight excluding hydrogens is 366 g/mol. The van der Waals surface area contributed by atoms with E-state index in [2.05, 4.69) is 16.4 Å². The van der Waals surface area contributed by atoms with Gasteiger partial charge in [-0.05, 0) is 36.8 Å². The van der Waals surface area contributed by atoms with E-state index in [0.717, 1.165) is 23.4 Å². The third kappa shape index (κ3) is 3.09. The molecule has 7 nitrogen and oxygen atoms in total. The molecule has 1 N–H and O–H groups in total. The molecule has 0 aliphatic carbocycles. The minimum Gasteiger partial charge on any atom is -0.457 e. The van der Waals surface area contributed by atoms with Gasteiger partial charge in [-0.1, -0.05) is 30.3 Å². The van der Waals surface area contributed by atoms with E-state index in [0.29, 0.717) is 24.5 Å². The van der Waals surface area contributed by atoms with Crippen molar-refractivity contribution >= 4 is 5.91 Å². The Hall–Kier alpha value is -3.79. The van der Waals surface area contributed by atoms with Crippen LogP contribution in [0.15, 0.2) is 60.7 Å². The van der Waals surface area contributed by atoms with Crippen molar-refractivity contribution < 1.29 is 9.53 Å². The zero-order chi connectivity index (χ0) is 19.8. The van der Waals surface area contributed by atoms with Gasteiger partial charge in [-0.15, -0.1) is 0 Å². The summed E-state index contributed by atoms with van der Waals surface area (Å²) >= 11 is 0. The van der Waals surface area contributed by atoms with E-state index in [1.54, 1.807) is 11.0 Å². The molecule has 0 unspecified atom stereocenters. The molecule has 2 aromatic carbocycles. The van der Waals surface area contributed by atoms with Gasteiger partial charge in [0.05, 0.1) is 17.8 Å². The fourth-order valence-electron chi connectivity index (χ4n) is 4.15. The number of H-pyrrole nitrogens is 1. The Kier molecular flexibility index (Phi) is 4.17. The number of nitrogens with zero attached hydrogens (tertiary/aromatic N) is 4. The predicted molar refractivity (Wildman–Crippen MR) is 106 cm³/mol. The molecule has 7 heteroatoms. The lowest BCUT2D eigenvalue weighted by atomic mass is 10.1. The number of amides is 1. The number of para-hydroxylation sites is 2. The van der Waals surface area contributed by atoms with Gasteiger partial charge in [0.1, 0.15) is 11.5 Å². The van der Waals surface area contributed by atoms with E-state index >= 15 is 0 Å². The summed E-state index contributed by atoms with van der Waals surface area (Å²) in [6.45, 7) is 1.19. The van der Waals surface area contributed by atoms with Gasteiger partial charge < -0.3 is 14.5 Å². The Bertz CT molecular complexity index is 1090. The summed E-state index contributed by atoms with van der Waals surface area (Å²) in [5, 5.41) is 16.4. The molecule has 3 aromatic rings. The van der Waals surface area contributed by atoms with Crippen LogP contribution in [0.3, 0.4) is 0 Å². The van der Waals surface area contributed by atoms with Gasteiger partial charge >= 0.3 is 0 Å². The van der Waals surface area contributed by atoms with Crippen molar-refractivity contribution in [2.24, 2.45) is 0 Å². The molecule has 0 radical (unpaired) electrons. The first-order valence-electron chi connectivity index (χ1n) is 9.58. The number of aromatic nitrogens is 2. The van der Waals surface area contributed by atoms with Crippen LogP contribution in [-0.4, -0.2) is 51.1 Å². The van der Waals surface area contributed by atoms with Crippen LogP contribution in [0.1, 0.15) is 16.9 Å². The van der Waals surface area contributed by atoms with Crippen molar-refractivity contribution in [2.75, 3.05) is 13.1 Å². The largest absolute Gasteiger partial charge is 0.457 e. The summed E-state index contributed by atoms with van der Waals surface area (Å²) in [5.74, 6) is 1.33. The number of hydrogen-bond donors (Lipinski definition) is 1. The topological polar surface area (TPSA) is 85.3 Å². The number of benzene rings is 2.